The molecule has 9 heteroatoms. The Balaban J connectivity index is 1.91. The number of urea groups is 1. The van der Waals surface area contributed by atoms with E-state index in [1.165, 1.54) is 0 Å². The van der Waals surface area contributed by atoms with Gasteiger partial charge >= 0.3 is 6.03 Å². The monoisotopic (exact) mass is 312 g/mol. The average Bonchev–Trinajstić information content (AvgIpc) is 2.95. The van der Waals surface area contributed by atoms with Gasteiger partial charge in [0, 0.05) is 6.07 Å². The Hall–Kier alpha value is -2.03. The van der Waals surface area contributed by atoms with Crippen LogP contribution in [0.5, 0.6) is 0 Å². The molecule has 21 heavy (non-hydrogen) atoms. The van der Waals surface area contributed by atoms with E-state index in [-0.39, 0.29) is 18.3 Å². The smallest absolute Gasteiger partial charge is 0.325 e. The summed E-state index contributed by atoms with van der Waals surface area (Å²) >= 11 is 1.59. The second kappa shape index (κ2) is 6.61. The fourth-order valence-corrected chi connectivity index (χ4v) is 2.38. The number of nitrogens with zero attached hydrogens (tertiary/aromatic N) is 2. The van der Waals surface area contributed by atoms with Crippen LogP contribution in [0.2, 0.25) is 0 Å². The van der Waals surface area contributed by atoms with E-state index in [4.69, 9.17) is 4.52 Å². The van der Waals surface area contributed by atoms with Crippen molar-refractivity contribution in [2.24, 2.45) is 0 Å². The molecule has 0 saturated carbocycles. The fourth-order valence-electron chi connectivity index (χ4n) is 1.91. The van der Waals surface area contributed by atoms with Gasteiger partial charge in [0.1, 0.15) is 18.3 Å². The fraction of sp³-hybridized carbons (Fsp3) is 0.500. The summed E-state index contributed by atoms with van der Waals surface area (Å²) in [7, 11) is 0. The summed E-state index contributed by atoms with van der Waals surface area (Å²) in [6.07, 6.45) is 2.47. The Bertz CT molecular complexity index is 559. The normalized spacial score (nSPS) is 18.0. The number of hydrogen-bond donors (Lipinski definition) is 2. The van der Waals surface area contributed by atoms with Gasteiger partial charge in [-0.25, -0.2) is 4.79 Å². The minimum Gasteiger partial charge on any atom is -0.360 e. The van der Waals surface area contributed by atoms with Crippen molar-refractivity contribution >= 4 is 35.4 Å². The van der Waals surface area contributed by atoms with Crippen LogP contribution in [0.1, 0.15) is 12.2 Å². The van der Waals surface area contributed by atoms with Gasteiger partial charge in [0.05, 0.1) is 0 Å². The number of carbonyl (C=O) groups excluding carboxylic acids is 3. The summed E-state index contributed by atoms with van der Waals surface area (Å²) in [5.74, 6) is 0.688. The first-order valence-corrected chi connectivity index (χ1v) is 7.74. The molecule has 8 nitrogen and oxygen atoms in total. The molecule has 0 aliphatic carbocycles. The SMILES string of the molecule is CSCC[C@@H]1NC(=O)N(CC(=O)Nc2cc(C)on2)C1=O. The van der Waals surface area contributed by atoms with E-state index in [2.05, 4.69) is 15.8 Å². The van der Waals surface area contributed by atoms with Crippen LogP contribution in [-0.2, 0) is 9.59 Å². The van der Waals surface area contributed by atoms with Crippen molar-refractivity contribution in [2.75, 3.05) is 23.9 Å². The molecule has 0 radical (unpaired) electrons. The number of carbonyl (C=O) groups is 3. The molecule has 1 atom stereocenters. The third-order valence-electron chi connectivity index (χ3n) is 2.91. The summed E-state index contributed by atoms with van der Waals surface area (Å²) in [6.45, 7) is 1.35. The van der Waals surface area contributed by atoms with Gasteiger partial charge in [0.25, 0.3) is 5.91 Å². The van der Waals surface area contributed by atoms with Crippen LogP contribution in [0.4, 0.5) is 10.6 Å². The van der Waals surface area contributed by atoms with Gasteiger partial charge in [0.2, 0.25) is 5.91 Å². The zero-order chi connectivity index (χ0) is 15.4. The van der Waals surface area contributed by atoms with E-state index in [0.29, 0.717) is 12.2 Å². The van der Waals surface area contributed by atoms with Crippen LogP contribution < -0.4 is 10.6 Å². The van der Waals surface area contributed by atoms with Gasteiger partial charge in [-0.3, -0.25) is 14.5 Å². The standard InChI is InChI=1S/C12H16N4O4S/c1-7-5-9(15-20-7)14-10(17)6-16-11(18)8(3-4-21-2)13-12(16)19/h5,8H,3-4,6H2,1-2H3,(H,13,19)(H,14,15,17)/t8-/m0/s1. The Kier molecular flexibility index (Phi) is 4.84. The number of imide groups is 1. The Morgan fingerprint density at radius 3 is 2.95 bits per heavy atom. The Morgan fingerprint density at radius 1 is 1.57 bits per heavy atom. The van der Waals surface area contributed by atoms with Crippen molar-refractivity contribution in [2.45, 2.75) is 19.4 Å². The minimum atomic E-state index is -0.549. The van der Waals surface area contributed by atoms with Crippen molar-refractivity contribution in [3.8, 4) is 0 Å². The van der Waals surface area contributed by atoms with Crippen LogP contribution in [-0.4, -0.2) is 52.5 Å². The zero-order valence-corrected chi connectivity index (χ0v) is 12.5. The number of hydrogen-bond acceptors (Lipinski definition) is 6. The minimum absolute atomic E-state index is 0.253. The van der Waals surface area contributed by atoms with E-state index < -0.39 is 18.0 Å². The number of aryl methyl sites for hydroxylation is 1. The summed E-state index contributed by atoms with van der Waals surface area (Å²) < 4.78 is 4.81. The lowest BCUT2D eigenvalue weighted by molar-refractivity contribution is -0.130. The molecule has 1 aliphatic heterocycles. The second-order valence-corrected chi connectivity index (χ2v) is 5.56. The van der Waals surface area contributed by atoms with Gasteiger partial charge in [0.15, 0.2) is 5.82 Å². The maximum absolute atomic E-state index is 12.0. The maximum atomic E-state index is 12.0. The molecule has 114 valence electrons. The molecule has 1 saturated heterocycles. The van der Waals surface area contributed by atoms with Crippen molar-refractivity contribution < 1.29 is 18.9 Å². The predicted molar refractivity (Wildman–Crippen MR) is 76.9 cm³/mol. The molecule has 0 aromatic carbocycles. The molecule has 0 spiro atoms. The second-order valence-electron chi connectivity index (χ2n) is 4.58. The highest BCUT2D eigenvalue weighted by atomic mass is 32.2. The lowest BCUT2D eigenvalue weighted by Crippen LogP contribution is -2.38. The van der Waals surface area contributed by atoms with Crippen LogP contribution in [0.15, 0.2) is 10.6 Å². The molecule has 1 aromatic rings. The Morgan fingerprint density at radius 2 is 2.33 bits per heavy atom. The molecule has 1 aromatic heterocycles. The van der Waals surface area contributed by atoms with Crippen LogP contribution in [0.3, 0.4) is 0 Å². The van der Waals surface area contributed by atoms with E-state index in [0.717, 1.165) is 10.7 Å². The van der Waals surface area contributed by atoms with Crippen molar-refractivity contribution in [1.29, 1.82) is 0 Å². The highest BCUT2D eigenvalue weighted by Crippen LogP contribution is 2.12. The lowest BCUT2D eigenvalue weighted by atomic mass is 10.2. The number of aromatic nitrogens is 1. The van der Waals surface area contributed by atoms with Crippen LogP contribution in [0, 0.1) is 6.92 Å². The molecular formula is C12H16N4O4S. The van der Waals surface area contributed by atoms with Crippen molar-refractivity contribution in [3.63, 3.8) is 0 Å². The summed E-state index contributed by atoms with van der Waals surface area (Å²) in [5, 5.41) is 8.65. The van der Waals surface area contributed by atoms with Crippen LogP contribution >= 0.6 is 11.8 Å². The maximum Gasteiger partial charge on any atom is 0.325 e. The highest BCUT2D eigenvalue weighted by Gasteiger charge is 2.38. The van der Waals surface area contributed by atoms with Crippen molar-refractivity contribution in [3.05, 3.63) is 11.8 Å². The first-order valence-electron chi connectivity index (χ1n) is 6.35. The van der Waals surface area contributed by atoms with Gasteiger partial charge in [-0.05, 0) is 25.4 Å². The largest absolute Gasteiger partial charge is 0.360 e. The molecule has 2 rings (SSSR count). The van der Waals surface area contributed by atoms with Crippen molar-refractivity contribution in [1.82, 2.24) is 15.4 Å². The van der Waals surface area contributed by atoms with E-state index in [1.807, 2.05) is 6.26 Å². The first-order chi connectivity index (χ1) is 10.0. The zero-order valence-electron chi connectivity index (χ0n) is 11.7. The van der Waals surface area contributed by atoms with Gasteiger partial charge < -0.3 is 15.2 Å². The molecule has 1 aliphatic rings. The Labute approximate surface area is 125 Å². The average molecular weight is 312 g/mol. The van der Waals surface area contributed by atoms with E-state index >= 15 is 0 Å². The van der Waals surface area contributed by atoms with E-state index in [9.17, 15) is 14.4 Å². The third kappa shape index (κ3) is 3.75. The summed E-state index contributed by atoms with van der Waals surface area (Å²) in [6, 6.07) is 0.454. The summed E-state index contributed by atoms with van der Waals surface area (Å²) in [5.41, 5.74) is 0. The number of thioether (sulfide) groups is 1. The molecule has 0 bridgehead atoms. The van der Waals surface area contributed by atoms with Gasteiger partial charge in [-0.2, -0.15) is 11.8 Å². The number of anilines is 1. The topological polar surface area (TPSA) is 105 Å². The molecule has 1 fully saturated rings. The van der Waals surface area contributed by atoms with E-state index in [1.54, 1.807) is 24.8 Å². The number of amides is 4. The van der Waals surface area contributed by atoms with Crippen LogP contribution in [0.25, 0.3) is 0 Å². The molecule has 0 unspecified atom stereocenters. The molecule has 2 heterocycles. The summed E-state index contributed by atoms with van der Waals surface area (Å²) in [4.78, 5) is 36.5. The quantitative estimate of drug-likeness (QED) is 0.745. The number of rotatable bonds is 6. The molecular weight excluding hydrogens is 296 g/mol. The molecule has 2 N–H and O–H groups in total. The lowest BCUT2D eigenvalue weighted by Gasteiger charge is -2.11. The third-order valence-corrected chi connectivity index (χ3v) is 3.56. The van der Waals surface area contributed by atoms with Gasteiger partial charge in [-0.1, -0.05) is 5.16 Å². The predicted octanol–water partition coefficient (Wildman–Crippen LogP) is 0.595. The van der Waals surface area contributed by atoms with Gasteiger partial charge in [-0.15, -0.1) is 0 Å². The number of nitrogens with one attached hydrogen (secondary N) is 2. The first kappa shape index (κ1) is 15.4. The highest BCUT2D eigenvalue weighted by molar-refractivity contribution is 7.98. The molecule has 4 amide bonds.